The number of aliphatic hydroxyl groups excluding tert-OH is 1. The van der Waals surface area contributed by atoms with Crippen LogP contribution in [0.3, 0.4) is 0 Å². The van der Waals surface area contributed by atoms with Gasteiger partial charge in [0.15, 0.2) is 0 Å². The maximum atomic E-state index is 11.4. The molecule has 1 amide bonds. The summed E-state index contributed by atoms with van der Waals surface area (Å²) >= 11 is 0. The van der Waals surface area contributed by atoms with Gasteiger partial charge in [-0.05, 0) is 6.42 Å². The average molecular weight is 243 g/mol. The highest BCUT2D eigenvalue weighted by Crippen LogP contribution is 2.17. The largest absolute Gasteiger partial charge is 0.480 e. The number of rotatable bonds is 7. The van der Waals surface area contributed by atoms with Crippen molar-refractivity contribution in [2.24, 2.45) is 0 Å². The van der Waals surface area contributed by atoms with E-state index in [4.69, 9.17) is 14.9 Å². The Balaban J connectivity index is 2.22. The highest BCUT2D eigenvalue weighted by molar-refractivity contribution is 5.78. The van der Waals surface area contributed by atoms with Crippen LogP contribution < -0.4 is 0 Å². The summed E-state index contributed by atoms with van der Waals surface area (Å²) in [4.78, 5) is 23.2. The van der Waals surface area contributed by atoms with Crippen LogP contribution in [-0.4, -0.2) is 59.4 Å². The molecular formula is C11H17NO5. The first-order valence-corrected chi connectivity index (χ1v) is 5.50. The van der Waals surface area contributed by atoms with E-state index in [2.05, 4.69) is 0 Å². The second kappa shape index (κ2) is 7.03. The molecule has 0 saturated carbocycles. The van der Waals surface area contributed by atoms with Crippen LogP contribution in [0, 0.1) is 0 Å². The van der Waals surface area contributed by atoms with E-state index < -0.39 is 5.97 Å². The van der Waals surface area contributed by atoms with Gasteiger partial charge in [0.25, 0.3) is 0 Å². The number of likely N-dealkylation sites (tertiary alicyclic amines) is 1. The first-order valence-electron chi connectivity index (χ1n) is 5.50. The number of carbonyl (C=O) groups is 2. The highest BCUT2D eigenvalue weighted by Gasteiger charge is 2.28. The van der Waals surface area contributed by atoms with Crippen LogP contribution in [0.1, 0.15) is 12.8 Å². The number of carboxylic acids is 1. The molecule has 0 aliphatic carbocycles. The summed E-state index contributed by atoms with van der Waals surface area (Å²) in [5.74, 6) is -0.964. The zero-order valence-electron chi connectivity index (χ0n) is 9.54. The van der Waals surface area contributed by atoms with Gasteiger partial charge in [-0.2, -0.15) is 0 Å². The van der Waals surface area contributed by atoms with Crippen LogP contribution >= 0.6 is 0 Å². The molecule has 1 heterocycles. The van der Waals surface area contributed by atoms with Crippen LogP contribution in [0.4, 0.5) is 0 Å². The van der Waals surface area contributed by atoms with E-state index in [-0.39, 0.29) is 31.8 Å². The number of hydrogen-bond acceptors (Lipinski definition) is 4. The zero-order valence-corrected chi connectivity index (χ0v) is 9.54. The number of aliphatic carboxylic acids is 1. The third kappa shape index (κ3) is 4.54. The molecule has 1 rings (SSSR count). The molecule has 1 fully saturated rings. The molecule has 6 heteroatoms. The molecule has 1 atom stereocenters. The number of carboxylic acid groups (broad SMARTS) is 1. The van der Waals surface area contributed by atoms with Crippen molar-refractivity contribution in [3.05, 3.63) is 12.2 Å². The lowest BCUT2D eigenvalue weighted by Gasteiger charge is -2.21. The predicted octanol–water partition coefficient (Wildman–Crippen LogP) is -0.373. The Hall–Kier alpha value is -1.40. The molecule has 1 saturated heterocycles. The fraction of sp³-hybridized carbons (Fsp3) is 0.636. The minimum atomic E-state index is -1.01. The Morgan fingerprint density at radius 1 is 1.53 bits per heavy atom. The number of hydrogen-bond donors (Lipinski definition) is 2. The van der Waals surface area contributed by atoms with Gasteiger partial charge >= 0.3 is 5.97 Å². The maximum Gasteiger partial charge on any atom is 0.329 e. The smallest absolute Gasteiger partial charge is 0.329 e. The first-order chi connectivity index (χ1) is 8.15. The number of ether oxygens (including phenoxy) is 1. The van der Waals surface area contributed by atoms with Crippen LogP contribution in [-0.2, 0) is 14.3 Å². The van der Waals surface area contributed by atoms with Gasteiger partial charge < -0.3 is 19.8 Å². The van der Waals surface area contributed by atoms with Gasteiger partial charge in [-0.25, -0.2) is 4.79 Å². The van der Waals surface area contributed by atoms with Crippen LogP contribution in [0.5, 0.6) is 0 Å². The van der Waals surface area contributed by atoms with E-state index in [1.807, 2.05) is 0 Å². The molecule has 6 nitrogen and oxygen atoms in total. The molecule has 0 aromatic heterocycles. The Bertz CT molecular complexity index is 302. The minimum absolute atomic E-state index is 0.0188. The zero-order chi connectivity index (χ0) is 12.7. The van der Waals surface area contributed by atoms with E-state index in [1.54, 1.807) is 17.1 Å². The fourth-order valence-corrected chi connectivity index (χ4v) is 1.70. The fourth-order valence-electron chi connectivity index (χ4n) is 1.70. The van der Waals surface area contributed by atoms with Gasteiger partial charge in [-0.3, -0.25) is 4.79 Å². The molecule has 0 aromatic rings. The highest BCUT2D eigenvalue weighted by atomic mass is 16.5. The van der Waals surface area contributed by atoms with Gasteiger partial charge in [-0.1, -0.05) is 12.2 Å². The monoisotopic (exact) mass is 243 g/mol. The number of amides is 1. The van der Waals surface area contributed by atoms with Crippen molar-refractivity contribution in [1.29, 1.82) is 0 Å². The summed E-state index contributed by atoms with van der Waals surface area (Å²) in [6.45, 7) is 0.292. The molecule has 0 aromatic carbocycles. The second-order valence-corrected chi connectivity index (χ2v) is 3.80. The van der Waals surface area contributed by atoms with E-state index >= 15 is 0 Å². The minimum Gasteiger partial charge on any atom is -0.480 e. The van der Waals surface area contributed by atoms with Crippen LogP contribution in [0.15, 0.2) is 12.2 Å². The predicted molar refractivity (Wildman–Crippen MR) is 59.4 cm³/mol. The SMILES string of the molecule is O=C(O)COC/C=C\CN1C(=O)CC[C@@H]1CO. The molecule has 1 aliphatic heterocycles. The topological polar surface area (TPSA) is 87.1 Å². The van der Waals surface area contributed by atoms with Crippen molar-refractivity contribution in [1.82, 2.24) is 4.90 Å². The molecule has 0 bridgehead atoms. The van der Waals surface area contributed by atoms with Crippen molar-refractivity contribution in [2.75, 3.05) is 26.4 Å². The number of carbonyl (C=O) groups excluding carboxylic acids is 1. The van der Waals surface area contributed by atoms with E-state index in [9.17, 15) is 9.59 Å². The lowest BCUT2D eigenvalue weighted by Crippen LogP contribution is -2.35. The lowest BCUT2D eigenvalue weighted by atomic mass is 10.2. The Labute approximate surface area is 99.5 Å². The van der Waals surface area contributed by atoms with Gasteiger partial charge in [0, 0.05) is 13.0 Å². The summed E-state index contributed by atoms with van der Waals surface area (Å²) in [5.41, 5.74) is 0. The van der Waals surface area contributed by atoms with E-state index in [0.29, 0.717) is 19.4 Å². The molecule has 0 spiro atoms. The van der Waals surface area contributed by atoms with Crippen LogP contribution in [0.25, 0.3) is 0 Å². The molecule has 1 aliphatic rings. The average Bonchev–Trinajstić information content (AvgIpc) is 2.64. The molecule has 2 N–H and O–H groups in total. The van der Waals surface area contributed by atoms with Crippen molar-refractivity contribution < 1.29 is 24.5 Å². The van der Waals surface area contributed by atoms with E-state index in [0.717, 1.165) is 0 Å². The summed E-state index contributed by atoms with van der Waals surface area (Å²) in [5, 5.41) is 17.4. The third-order valence-electron chi connectivity index (χ3n) is 2.57. The van der Waals surface area contributed by atoms with Gasteiger partial charge in [0.2, 0.25) is 5.91 Å². The van der Waals surface area contributed by atoms with Crippen molar-refractivity contribution in [3.8, 4) is 0 Å². The second-order valence-electron chi connectivity index (χ2n) is 3.80. The molecular weight excluding hydrogens is 226 g/mol. The molecule has 0 radical (unpaired) electrons. The van der Waals surface area contributed by atoms with Gasteiger partial charge in [-0.15, -0.1) is 0 Å². The van der Waals surface area contributed by atoms with Crippen molar-refractivity contribution >= 4 is 11.9 Å². The number of aliphatic hydroxyl groups is 1. The molecule has 96 valence electrons. The lowest BCUT2D eigenvalue weighted by molar-refractivity contribution is -0.141. The van der Waals surface area contributed by atoms with Gasteiger partial charge in [0.05, 0.1) is 19.3 Å². The van der Waals surface area contributed by atoms with Crippen LogP contribution in [0.2, 0.25) is 0 Å². The normalized spacial score (nSPS) is 20.4. The quantitative estimate of drug-likeness (QED) is 0.470. The third-order valence-corrected chi connectivity index (χ3v) is 2.57. The number of nitrogens with zero attached hydrogens (tertiary/aromatic N) is 1. The Kier molecular flexibility index (Phi) is 5.65. The maximum absolute atomic E-state index is 11.4. The summed E-state index contributed by atoms with van der Waals surface area (Å²) in [6, 6.07) is -0.0907. The summed E-state index contributed by atoms with van der Waals surface area (Å²) < 4.78 is 4.80. The van der Waals surface area contributed by atoms with Crippen molar-refractivity contribution in [2.45, 2.75) is 18.9 Å². The summed E-state index contributed by atoms with van der Waals surface area (Å²) in [6.07, 6.45) is 4.59. The summed E-state index contributed by atoms with van der Waals surface area (Å²) in [7, 11) is 0. The Morgan fingerprint density at radius 2 is 2.29 bits per heavy atom. The standard InChI is InChI=1S/C11H17NO5/c13-7-9-3-4-10(14)12(9)5-1-2-6-17-8-11(15)16/h1-2,9,13H,3-8H2,(H,15,16)/b2-1-/t9-/m1/s1. The van der Waals surface area contributed by atoms with Gasteiger partial charge in [0.1, 0.15) is 6.61 Å². The first kappa shape index (κ1) is 13.7. The van der Waals surface area contributed by atoms with Crippen molar-refractivity contribution in [3.63, 3.8) is 0 Å². The van der Waals surface area contributed by atoms with E-state index in [1.165, 1.54) is 0 Å². The molecule has 0 unspecified atom stereocenters. The Morgan fingerprint density at radius 3 is 2.94 bits per heavy atom. The molecule has 17 heavy (non-hydrogen) atoms.